The summed E-state index contributed by atoms with van der Waals surface area (Å²) in [7, 11) is 5.03. The van der Waals surface area contributed by atoms with Crippen LogP contribution in [0.5, 0.6) is 0 Å². The molecule has 2 heterocycles. The number of nitrogens with one attached hydrogen (secondary N) is 1. The molecule has 0 saturated carbocycles. The van der Waals surface area contributed by atoms with Gasteiger partial charge in [0, 0.05) is 0 Å². The van der Waals surface area contributed by atoms with Gasteiger partial charge in [-0.05, 0) is 5.46 Å². The Morgan fingerprint density at radius 3 is 2.56 bits per heavy atom. The summed E-state index contributed by atoms with van der Waals surface area (Å²) in [4.78, 5) is 25.4. The predicted molar refractivity (Wildman–Crippen MR) is 47.5 cm³/mol. The highest BCUT2D eigenvalue weighted by molar-refractivity contribution is 6.33. The van der Waals surface area contributed by atoms with Crippen molar-refractivity contribution in [2.45, 2.75) is 12.7 Å². The summed E-state index contributed by atoms with van der Waals surface area (Å²) in [6.07, 6.45) is -4.83. The maximum Gasteiger partial charge on any atom is 0.433 e. The molecule has 0 bridgehead atoms. The summed E-state index contributed by atoms with van der Waals surface area (Å²) >= 11 is 0. The smallest absolute Gasteiger partial charge is 0.294 e. The van der Waals surface area contributed by atoms with Gasteiger partial charge >= 0.3 is 6.18 Å². The van der Waals surface area contributed by atoms with Crippen molar-refractivity contribution < 1.29 is 18.0 Å². The molecule has 0 fully saturated rings. The zero-order valence-electron chi connectivity index (χ0n) is 7.63. The Bertz CT molecular complexity index is 537. The summed E-state index contributed by atoms with van der Waals surface area (Å²) in [6, 6.07) is 0. The molecule has 5 nitrogen and oxygen atoms in total. The predicted octanol–water partition coefficient (Wildman–Crippen LogP) is -0.992. The van der Waals surface area contributed by atoms with Crippen LogP contribution in [0.25, 0.3) is 0 Å². The summed E-state index contributed by atoms with van der Waals surface area (Å²) in [5, 5.41) is 2.04. The fraction of sp³-hybridized carbons (Fsp3) is 0.286. The van der Waals surface area contributed by atoms with E-state index >= 15 is 0 Å². The Labute approximate surface area is 87.7 Å². The third kappa shape index (κ3) is 1.48. The molecule has 0 aromatic carbocycles. The van der Waals surface area contributed by atoms with Crippen LogP contribution in [0.2, 0.25) is 0 Å². The van der Waals surface area contributed by atoms with Crippen LogP contribution < -0.4 is 16.3 Å². The first kappa shape index (κ1) is 10.7. The average Bonchev–Trinajstić information content (AvgIpc) is 2.51. The van der Waals surface area contributed by atoms with Gasteiger partial charge in [-0.15, -0.1) is 0 Å². The number of rotatable bonds is 0. The number of carbonyl (C=O) groups excluding carboxylic acids is 1. The molecule has 1 aliphatic rings. The minimum Gasteiger partial charge on any atom is -0.294 e. The van der Waals surface area contributed by atoms with Crippen molar-refractivity contribution in [3.8, 4) is 0 Å². The van der Waals surface area contributed by atoms with Gasteiger partial charge in [-0.25, -0.2) is 4.98 Å². The SMILES string of the molecule is [B]c1c(C(F)(F)F)nc2n(c1=O)CC(=O)N2. The molecule has 9 heteroatoms. The van der Waals surface area contributed by atoms with Crippen molar-refractivity contribution >= 4 is 25.2 Å². The first-order chi connectivity index (χ1) is 7.30. The number of fused-ring (bicyclic) bond motifs is 1. The van der Waals surface area contributed by atoms with E-state index in [4.69, 9.17) is 7.85 Å². The number of amides is 1. The minimum atomic E-state index is -4.83. The number of alkyl halides is 3. The van der Waals surface area contributed by atoms with Gasteiger partial charge in [-0.2, -0.15) is 13.2 Å². The van der Waals surface area contributed by atoms with E-state index in [1.165, 1.54) is 0 Å². The van der Waals surface area contributed by atoms with E-state index in [2.05, 4.69) is 4.98 Å². The van der Waals surface area contributed by atoms with Crippen molar-refractivity contribution in [3.05, 3.63) is 16.0 Å². The summed E-state index contributed by atoms with van der Waals surface area (Å²) in [6.45, 7) is -0.372. The van der Waals surface area contributed by atoms with E-state index < -0.39 is 34.7 Å². The standard InChI is InChI=1S/C7H3BF3N3O2/c8-3-4(7(9,10)11)13-6-12-2(15)1-14(6)5(3)16/h1H2,(H,12,13,15). The van der Waals surface area contributed by atoms with Crippen LogP contribution in [0.4, 0.5) is 19.1 Å². The lowest BCUT2D eigenvalue weighted by Crippen LogP contribution is -2.40. The summed E-state index contributed by atoms with van der Waals surface area (Å²) in [5.41, 5.74) is -3.56. The van der Waals surface area contributed by atoms with Gasteiger partial charge < -0.3 is 0 Å². The fourth-order valence-electron chi connectivity index (χ4n) is 1.34. The molecule has 16 heavy (non-hydrogen) atoms. The van der Waals surface area contributed by atoms with E-state index in [-0.39, 0.29) is 6.54 Å². The van der Waals surface area contributed by atoms with Crippen molar-refractivity contribution in [2.75, 3.05) is 5.32 Å². The number of hydrogen-bond donors (Lipinski definition) is 1. The zero-order valence-corrected chi connectivity index (χ0v) is 7.63. The number of hydrogen-bond acceptors (Lipinski definition) is 3. The Hall–Kier alpha value is -1.80. The average molecular weight is 229 g/mol. The lowest BCUT2D eigenvalue weighted by Gasteiger charge is -2.10. The summed E-state index contributed by atoms with van der Waals surface area (Å²) < 4.78 is 37.9. The lowest BCUT2D eigenvalue weighted by molar-refractivity contribution is -0.140. The van der Waals surface area contributed by atoms with Gasteiger partial charge in [0.1, 0.15) is 20.1 Å². The van der Waals surface area contributed by atoms with Crippen LogP contribution in [-0.2, 0) is 17.5 Å². The van der Waals surface area contributed by atoms with Crippen molar-refractivity contribution in [3.63, 3.8) is 0 Å². The van der Waals surface area contributed by atoms with Crippen LogP contribution in [0.1, 0.15) is 5.69 Å². The Kier molecular flexibility index (Phi) is 2.07. The largest absolute Gasteiger partial charge is 0.433 e. The number of carbonyl (C=O) groups is 1. The zero-order chi connectivity index (χ0) is 12.1. The van der Waals surface area contributed by atoms with Crippen LogP contribution >= 0.6 is 0 Å². The first-order valence-electron chi connectivity index (χ1n) is 4.08. The molecule has 1 aliphatic heterocycles. The Morgan fingerprint density at radius 1 is 1.38 bits per heavy atom. The normalized spacial score (nSPS) is 14.8. The van der Waals surface area contributed by atoms with E-state index in [9.17, 15) is 22.8 Å². The molecule has 1 N–H and O–H groups in total. The topological polar surface area (TPSA) is 64.0 Å². The number of nitrogens with zero attached hydrogens (tertiary/aromatic N) is 2. The van der Waals surface area contributed by atoms with E-state index in [0.717, 1.165) is 4.57 Å². The number of aromatic nitrogens is 2. The van der Waals surface area contributed by atoms with Gasteiger partial charge in [-0.1, -0.05) is 0 Å². The summed E-state index contributed by atoms with van der Waals surface area (Å²) in [5.74, 6) is -1.04. The number of halogens is 3. The fourth-order valence-corrected chi connectivity index (χ4v) is 1.34. The third-order valence-electron chi connectivity index (χ3n) is 2.03. The van der Waals surface area contributed by atoms with Gasteiger partial charge in [0.15, 0.2) is 0 Å². The number of anilines is 1. The molecule has 0 unspecified atom stereocenters. The highest BCUT2D eigenvalue weighted by Gasteiger charge is 2.37. The molecule has 0 aliphatic carbocycles. The minimum absolute atomic E-state index is 0.372. The van der Waals surface area contributed by atoms with Crippen LogP contribution in [0, 0.1) is 0 Å². The van der Waals surface area contributed by atoms with Gasteiger partial charge in [0.2, 0.25) is 17.4 Å². The van der Waals surface area contributed by atoms with E-state index in [0.29, 0.717) is 0 Å². The monoisotopic (exact) mass is 229 g/mol. The highest BCUT2D eigenvalue weighted by Crippen LogP contribution is 2.26. The molecular weight excluding hydrogens is 226 g/mol. The molecular formula is C7H3BF3N3O2. The maximum atomic E-state index is 12.4. The second-order valence-corrected chi connectivity index (χ2v) is 3.13. The van der Waals surface area contributed by atoms with Crippen molar-refractivity contribution in [1.29, 1.82) is 0 Å². The Balaban J connectivity index is 2.71. The molecule has 0 spiro atoms. The molecule has 1 aromatic rings. The molecule has 0 atom stereocenters. The van der Waals surface area contributed by atoms with Crippen LogP contribution in [0.15, 0.2) is 4.79 Å². The molecule has 2 rings (SSSR count). The van der Waals surface area contributed by atoms with Gasteiger partial charge in [0.05, 0.1) is 0 Å². The lowest BCUT2D eigenvalue weighted by atomic mass is 9.95. The van der Waals surface area contributed by atoms with Gasteiger partial charge in [0.25, 0.3) is 0 Å². The quantitative estimate of drug-likeness (QED) is 0.580. The second-order valence-electron chi connectivity index (χ2n) is 3.13. The highest BCUT2D eigenvalue weighted by atomic mass is 19.4. The molecule has 0 saturated heterocycles. The van der Waals surface area contributed by atoms with E-state index in [1.54, 1.807) is 0 Å². The molecule has 82 valence electrons. The first-order valence-corrected chi connectivity index (χ1v) is 4.08. The van der Waals surface area contributed by atoms with Gasteiger partial charge in [-0.3, -0.25) is 19.5 Å². The van der Waals surface area contributed by atoms with E-state index in [1.807, 2.05) is 5.32 Å². The van der Waals surface area contributed by atoms with Crippen LogP contribution in [0.3, 0.4) is 0 Å². The second kappa shape index (κ2) is 3.10. The third-order valence-corrected chi connectivity index (χ3v) is 2.03. The van der Waals surface area contributed by atoms with Crippen LogP contribution in [-0.4, -0.2) is 23.3 Å². The maximum absolute atomic E-state index is 12.4. The molecule has 1 amide bonds. The van der Waals surface area contributed by atoms with Crippen molar-refractivity contribution in [2.24, 2.45) is 0 Å². The molecule has 1 aromatic heterocycles. The molecule has 2 radical (unpaired) electrons. The Morgan fingerprint density at radius 2 is 2.00 bits per heavy atom. The van der Waals surface area contributed by atoms with Crippen molar-refractivity contribution in [1.82, 2.24) is 9.55 Å².